The Morgan fingerprint density at radius 3 is 2.79 bits per heavy atom. The Bertz CT molecular complexity index is 569. The number of nitrogens with zero attached hydrogens (tertiary/aromatic N) is 1. The second kappa shape index (κ2) is 5.44. The smallest absolute Gasteiger partial charge is 0.249 e. The summed E-state index contributed by atoms with van der Waals surface area (Å²) in [6, 6.07) is 5.69. The minimum absolute atomic E-state index is 0.0854. The van der Waals surface area contributed by atoms with Gasteiger partial charge in [0.15, 0.2) is 5.17 Å². The molecule has 0 radical (unpaired) electrons. The van der Waals surface area contributed by atoms with Gasteiger partial charge in [-0.25, -0.2) is 0 Å². The molecule has 0 unspecified atom stereocenters. The van der Waals surface area contributed by atoms with Crippen LogP contribution >= 0.6 is 11.8 Å². The summed E-state index contributed by atoms with van der Waals surface area (Å²) >= 11 is 1.12. The van der Waals surface area contributed by atoms with Crippen LogP contribution in [0.5, 0.6) is 0 Å². The van der Waals surface area contributed by atoms with Gasteiger partial charge in [0.1, 0.15) is 5.25 Å². The second-order valence-corrected chi connectivity index (χ2v) is 5.67. The van der Waals surface area contributed by atoms with E-state index in [4.69, 9.17) is 5.73 Å². The number of hydrogen-bond acceptors (Lipinski definition) is 4. The fraction of sp³-hybridized carbons (Fsp3) is 0.308. The summed E-state index contributed by atoms with van der Waals surface area (Å²) in [6.45, 7) is 3.99. The van der Waals surface area contributed by atoms with E-state index in [1.54, 1.807) is 0 Å². The highest BCUT2D eigenvalue weighted by Gasteiger charge is 2.27. The van der Waals surface area contributed by atoms with Crippen LogP contribution in [0.15, 0.2) is 23.2 Å². The van der Waals surface area contributed by atoms with E-state index in [0.717, 1.165) is 28.6 Å². The van der Waals surface area contributed by atoms with Gasteiger partial charge in [-0.15, -0.1) is 0 Å². The van der Waals surface area contributed by atoms with Gasteiger partial charge >= 0.3 is 0 Å². The molecule has 0 spiro atoms. The monoisotopic (exact) mass is 277 g/mol. The fourth-order valence-corrected chi connectivity index (χ4v) is 2.57. The molecule has 1 heterocycles. The van der Waals surface area contributed by atoms with Gasteiger partial charge in [0, 0.05) is 5.69 Å². The average molecular weight is 277 g/mol. The molecule has 1 aliphatic heterocycles. The van der Waals surface area contributed by atoms with E-state index in [-0.39, 0.29) is 23.4 Å². The van der Waals surface area contributed by atoms with Crippen molar-refractivity contribution in [3.05, 3.63) is 29.3 Å². The number of aryl methyl sites for hydroxylation is 2. The summed E-state index contributed by atoms with van der Waals surface area (Å²) in [5.74, 6) is -0.573. The topological polar surface area (TPSA) is 84.5 Å². The van der Waals surface area contributed by atoms with E-state index in [1.807, 2.05) is 32.0 Å². The van der Waals surface area contributed by atoms with Crippen molar-refractivity contribution in [1.82, 2.24) is 0 Å². The number of carbonyl (C=O) groups is 2. The van der Waals surface area contributed by atoms with Crippen molar-refractivity contribution < 1.29 is 9.59 Å². The molecule has 6 heteroatoms. The first-order valence-corrected chi connectivity index (χ1v) is 6.75. The van der Waals surface area contributed by atoms with Crippen molar-refractivity contribution in [2.45, 2.75) is 25.5 Å². The lowest BCUT2D eigenvalue weighted by Crippen LogP contribution is -2.33. The van der Waals surface area contributed by atoms with E-state index in [1.165, 1.54) is 0 Å². The van der Waals surface area contributed by atoms with Crippen LogP contribution in [0.4, 0.5) is 5.69 Å². The molecular formula is C13H15N3O2S. The van der Waals surface area contributed by atoms with Gasteiger partial charge in [0.05, 0.1) is 6.42 Å². The lowest BCUT2D eigenvalue weighted by Gasteiger charge is -2.18. The highest BCUT2D eigenvalue weighted by molar-refractivity contribution is 8.15. The minimum atomic E-state index is -0.508. The first-order valence-electron chi connectivity index (χ1n) is 5.87. The number of aliphatic imine (C=N–C) groups is 1. The molecule has 19 heavy (non-hydrogen) atoms. The number of rotatable bonds is 2. The number of amides is 2. The summed E-state index contributed by atoms with van der Waals surface area (Å²) in [4.78, 5) is 26.9. The minimum Gasteiger partial charge on any atom is -0.378 e. The Morgan fingerprint density at radius 2 is 2.16 bits per heavy atom. The van der Waals surface area contributed by atoms with Crippen molar-refractivity contribution in [2.75, 3.05) is 5.32 Å². The van der Waals surface area contributed by atoms with Gasteiger partial charge < -0.3 is 11.1 Å². The van der Waals surface area contributed by atoms with Crippen LogP contribution in [-0.2, 0) is 9.59 Å². The van der Waals surface area contributed by atoms with E-state index in [0.29, 0.717) is 0 Å². The zero-order valence-electron chi connectivity index (χ0n) is 10.8. The van der Waals surface area contributed by atoms with Crippen LogP contribution in [0, 0.1) is 13.8 Å². The quantitative estimate of drug-likeness (QED) is 0.859. The summed E-state index contributed by atoms with van der Waals surface area (Å²) in [5, 5.41) is 2.44. The zero-order chi connectivity index (χ0) is 14.0. The molecule has 0 bridgehead atoms. The molecule has 5 nitrogen and oxygen atoms in total. The van der Waals surface area contributed by atoms with Gasteiger partial charge in [0.2, 0.25) is 11.8 Å². The number of amidine groups is 1. The van der Waals surface area contributed by atoms with Crippen molar-refractivity contribution >= 4 is 34.4 Å². The van der Waals surface area contributed by atoms with E-state index >= 15 is 0 Å². The summed E-state index contributed by atoms with van der Waals surface area (Å²) < 4.78 is 0. The standard InChI is InChI=1S/C13H15N3O2S/c1-7-3-4-9(5-8(7)2)15-12(18)10-6-11(17)16-13(14)19-10/h3-5,10H,6H2,1-2H3,(H,15,18)(H2,14,16,17)/t10-/m1/s1. The maximum absolute atomic E-state index is 12.1. The molecule has 2 amide bonds. The molecule has 1 aromatic carbocycles. The molecule has 0 saturated carbocycles. The maximum Gasteiger partial charge on any atom is 0.249 e. The average Bonchev–Trinajstić information content (AvgIpc) is 2.32. The van der Waals surface area contributed by atoms with E-state index in [2.05, 4.69) is 10.3 Å². The fourth-order valence-electron chi connectivity index (χ4n) is 1.73. The van der Waals surface area contributed by atoms with E-state index in [9.17, 15) is 9.59 Å². The molecule has 0 aromatic heterocycles. The number of nitrogens with two attached hydrogens (primary N) is 1. The first-order chi connectivity index (χ1) is 8.95. The normalized spacial score (nSPS) is 18.9. The first kappa shape index (κ1) is 13.6. The lowest BCUT2D eigenvalue weighted by molar-refractivity contribution is -0.121. The summed E-state index contributed by atoms with van der Waals surface area (Å²) in [5.41, 5.74) is 8.49. The van der Waals surface area contributed by atoms with Crippen molar-refractivity contribution in [3.63, 3.8) is 0 Å². The van der Waals surface area contributed by atoms with Crippen molar-refractivity contribution in [1.29, 1.82) is 0 Å². The highest BCUT2D eigenvalue weighted by Crippen LogP contribution is 2.22. The van der Waals surface area contributed by atoms with Gasteiger partial charge in [-0.1, -0.05) is 17.8 Å². The predicted molar refractivity (Wildman–Crippen MR) is 77.2 cm³/mol. The maximum atomic E-state index is 12.1. The lowest BCUT2D eigenvalue weighted by atomic mass is 10.1. The third-order valence-corrected chi connectivity index (χ3v) is 3.92. The van der Waals surface area contributed by atoms with Crippen LogP contribution in [0.25, 0.3) is 0 Å². The largest absolute Gasteiger partial charge is 0.378 e. The molecule has 0 fully saturated rings. The Morgan fingerprint density at radius 1 is 1.42 bits per heavy atom. The SMILES string of the molecule is Cc1ccc(NC(=O)[C@H]2CC(=O)N=C(N)S2)cc1C. The number of anilines is 1. The Labute approximate surface area is 115 Å². The Kier molecular flexibility index (Phi) is 3.90. The molecule has 1 aliphatic rings. The summed E-state index contributed by atoms with van der Waals surface area (Å²) in [6.07, 6.45) is 0.0854. The predicted octanol–water partition coefficient (Wildman–Crippen LogP) is 1.59. The highest BCUT2D eigenvalue weighted by atomic mass is 32.2. The van der Waals surface area contributed by atoms with Gasteiger partial charge in [-0.05, 0) is 37.1 Å². The Balaban J connectivity index is 2.07. The molecule has 0 saturated heterocycles. The third kappa shape index (κ3) is 3.35. The number of thioether (sulfide) groups is 1. The molecule has 0 aliphatic carbocycles. The molecule has 100 valence electrons. The van der Waals surface area contributed by atoms with Crippen molar-refractivity contribution in [3.8, 4) is 0 Å². The molecule has 1 aromatic rings. The Hall–Kier alpha value is -1.82. The van der Waals surface area contributed by atoms with Gasteiger partial charge in [-0.2, -0.15) is 4.99 Å². The van der Waals surface area contributed by atoms with Crippen LogP contribution in [0.2, 0.25) is 0 Å². The van der Waals surface area contributed by atoms with Gasteiger partial charge in [0.25, 0.3) is 0 Å². The molecular weight excluding hydrogens is 262 g/mol. The van der Waals surface area contributed by atoms with Crippen LogP contribution in [-0.4, -0.2) is 22.2 Å². The van der Waals surface area contributed by atoms with Crippen LogP contribution < -0.4 is 11.1 Å². The number of hydrogen-bond donors (Lipinski definition) is 2. The molecule has 2 rings (SSSR count). The van der Waals surface area contributed by atoms with E-state index < -0.39 is 5.25 Å². The number of nitrogens with one attached hydrogen (secondary N) is 1. The van der Waals surface area contributed by atoms with Crippen LogP contribution in [0.1, 0.15) is 17.5 Å². The van der Waals surface area contributed by atoms with Crippen LogP contribution in [0.3, 0.4) is 0 Å². The third-order valence-electron chi connectivity index (χ3n) is 2.92. The van der Waals surface area contributed by atoms with Gasteiger partial charge in [-0.3, -0.25) is 9.59 Å². The second-order valence-electron chi connectivity index (χ2n) is 4.44. The zero-order valence-corrected chi connectivity index (χ0v) is 11.6. The molecule has 3 N–H and O–H groups in total. The number of carbonyl (C=O) groups excluding carboxylic acids is 2. The summed E-state index contributed by atoms with van der Waals surface area (Å²) in [7, 11) is 0. The number of benzene rings is 1. The van der Waals surface area contributed by atoms with Crippen molar-refractivity contribution in [2.24, 2.45) is 10.7 Å². The molecule has 1 atom stereocenters.